The van der Waals surface area contributed by atoms with E-state index in [4.69, 9.17) is 0 Å². The van der Waals surface area contributed by atoms with Crippen LogP contribution in [0.5, 0.6) is 0 Å². The normalized spacial score (nSPS) is 18.5. The molecule has 2 rings (SSSR count). The second-order valence-electron chi connectivity index (χ2n) is 4.70. The van der Waals surface area contributed by atoms with Crippen LogP contribution in [-0.4, -0.2) is 41.1 Å². The number of halogens is 1. The number of rotatable bonds is 3. The molecule has 5 heteroatoms. The average Bonchev–Trinajstić information content (AvgIpc) is 2.18. The Morgan fingerprint density at radius 3 is 2.59 bits per heavy atom. The molecule has 0 unspecified atom stereocenters. The molecule has 0 spiro atoms. The number of benzene rings is 1. The van der Waals surface area contributed by atoms with E-state index in [1.807, 2.05) is 4.90 Å². The molecule has 1 saturated heterocycles. The van der Waals surface area contributed by atoms with E-state index in [0.29, 0.717) is 18.8 Å². The molecule has 0 bridgehead atoms. The zero-order chi connectivity index (χ0) is 12.5. The Morgan fingerprint density at radius 1 is 1.47 bits per heavy atom. The number of carbonyl (C=O) groups excluding carboxylic acids is 1. The number of carbonyl (C=O) groups is 1. The molecule has 1 heterocycles. The van der Waals surface area contributed by atoms with E-state index in [1.54, 1.807) is 6.92 Å². The van der Waals surface area contributed by atoms with Crippen LogP contribution in [0.4, 0.5) is 10.1 Å². The second-order valence-corrected chi connectivity index (χ2v) is 4.70. The number of hydrogen-bond donors (Lipinski definition) is 2. The number of likely N-dealkylation sites (tertiary alicyclic amines) is 1. The summed E-state index contributed by atoms with van der Waals surface area (Å²) < 4.78 is 12.6. The molecule has 17 heavy (non-hydrogen) atoms. The fourth-order valence-electron chi connectivity index (χ4n) is 1.97. The lowest BCUT2D eigenvalue weighted by molar-refractivity contribution is -0.125. The Bertz CT molecular complexity index is 409. The predicted molar refractivity (Wildman–Crippen MR) is 62.1 cm³/mol. The van der Waals surface area contributed by atoms with Gasteiger partial charge in [0.15, 0.2) is 0 Å². The summed E-state index contributed by atoms with van der Waals surface area (Å²) in [5.74, 6) is -0.492. The highest BCUT2D eigenvalue weighted by Crippen LogP contribution is 2.19. The minimum atomic E-state index is -0.670. The number of nitrogens with one attached hydrogen (secondary N) is 1. The maximum atomic E-state index is 12.6. The van der Waals surface area contributed by atoms with Gasteiger partial charge in [-0.3, -0.25) is 9.69 Å². The lowest BCUT2D eigenvalue weighted by Gasteiger charge is -2.43. The summed E-state index contributed by atoms with van der Waals surface area (Å²) in [7, 11) is 0. The van der Waals surface area contributed by atoms with Crippen LogP contribution in [0, 0.1) is 5.82 Å². The topological polar surface area (TPSA) is 52.6 Å². The molecular weight excluding hydrogens is 223 g/mol. The van der Waals surface area contributed by atoms with Gasteiger partial charge in [0.05, 0.1) is 12.1 Å². The Hall–Kier alpha value is -1.46. The first-order valence-corrected chi connectivity index (χ1v) is 5.45. The number of aliphatic hydroxyl groups is 1. The van der Waals surface area contributed by atoms with Crippen molar-refractivity contribution < 1.29 is 14.3 Å². The molecule has 1 aliphatic rings. The summed E-state index contributed by atoms with van der Waals surface area (Å²) in [5.41, 5.74) is -0.0976. The van der Waals surface area contributed by atoms with Gasteiger partial charge in [0.2, 0.25) is 5.91 Å². The van der Waals surface area contributed by atoms with Gasteiger partial charge in [0, 0.05) is 18.8 Å². The number of hydrogen-bond acceptors (Lipinski definition) is 3. The minimum Gasteiger partial charge on any atom is -0.388 e. The van der Waals surface area contributed by atoms with Crippen LogP contribution >= 0.6 is 0 Å². The molecule has 2 N–H and O–H groups in total. The summed E-state index contributed by atoms with van der Waals surface area (Å²) in [6.07, 6.45) is 0. The molecule has 1 aromatic carbocycles. The Morgan fingerprint density at radius 2 is 2.06 bits per heavy atom. The van der Waals surface area contributed by atoms with Gasteiger partial charge in [-0.15, -0.1) is 0 Å². The van der Waals surface area contributed by atoms with Crippen molar-refractivity contribution in [1.82, 2.24) is 4.90 Å². The van der Waals surface area contributed by atoms with Crippen LogP contribution < -0.4 is 5.32 Å². The smallest absolute Gasteiger partial charge is 0.238 e. The maximum Gasteiger partial charge on any atom is 0.238 e. The minimum absolute atomic E-state index is 0.160. The molecule has 0 atom stereocenters. The highest BCUT2D eigenvalue weighted by Gasteiger charge is 2.37. The molecule has 1 aromatic rings. The van der Waals surface area contributed by atoms with Crippen molar-refractivity contribution >= 4 is 11.6 Å². The van der Waals surface area contributed by atoms with Crippen molar-refractivity contribution in [1.29, 1.82) is 0 Å². The molecule has 92 valence electrons. The molecule has 1 aliphatic heterocycles. The van der Waals surface area contributed by atoms with E-state index in [-0.39, 0.29) is 18.3 Å². The zero-order valence-electron chi connectivity index (χ0n) is 9.61. The molecular formula is C12H15FN2O2. The van der Waals surface area contributed by atoms with Gasteiger partial charge in [0.25, 0.3) is 0 Å². The molecule has 4 nitrogen and oxygen atoms in total. The van der Waals surface area contributed by atoms with E-state index in [0.717, 1.165) is 0 Å². The molecule has 1 amide bonds. The van der Waals surface area contributed by atoms with Gasteiger partial charge >= 0.3 is 0 Å². The zero-order valence-corrected chi connectivity index (χ0v) is 9.61. The summed E-state index contributed by atoms with van der Waals surface area (Å²) >= 11 is 0. The fraction of sp³-hybridized carbons (Fsp3) is 0.417. The summed E-state index contributed by atoms with van der Waals surface area (Å²) in [5, 5.41) is 12.2. The van der Waals surface area contributed by atoms with E-state index >= 15 is 0 Å². The van der Waals surface area contributed by atoms with Crippen molar-refractivity contribution in [3.63, 3.8) is 0 Å². The molecule has 1 fully saturated rings. The largest absolute Gasteiger partial charge is 0.388 e. The SMILES string of the molecule is CC1(O)CN(CC(=O)Nc2ccc(F)cc2)C1. The summed E-state index contributed by atoms with van der Waals surface area (Å²) in [6.45, 7) is 2.99. The monoisotopic (exact) mass is 238 g/mol. The second kappa shape index (κ2) is 4.43. The molecule has 0 saturated carbocycles. The number of nitrogens with zero attached hydrogens (tertiary/aromatic N) is 1. The first-order valence-electron chi connectivity index (χ1n) is 5.45. The van der Waals surface area contributed by atoms with E-state index < -0.39 is 5.60 Å². The van der Waals surface area contributed by atoms with Crippen molar-refractivity contribution in [3.05, 3.63) is 30.1 Å². The third-order valence-electron chi connectivity index (χ3n) is 2.62. The predicted octanol–water partition coefficient (Wildman–Crippen LogP) is 0.831. The van der Waals surface area contributed by atoms with Gasteiger partial charge in [-0.1, -0.05) is 0 Å². The van der Waals surface area contributed by atoms with Crippen molar-refractivity contribution in [2.75, 3.05) is 25.0 Å². The quantitative estimate of drug-likeness (QED) is 0.820. The van der Waals surface area contributed by atoms with Crippen molar-refractivity contribution in [3.8, 4) is 0 Å². The highest BCUT2D eigenvalue weighted by molar-refractivity contribution is 5.92. The number of β-amino-alcohol motifs (C(OH)–C–C–N with tert-alkyl or cyclic N) is 1. The molecule has 0 radical (unpaired) electrons. The van der Waals surface area contributed by atoms with Crippen molar-refractivity contribution in [2.24, 2.45) is 0 Å². The first kappa shape index (κ1) is 12.0. The van der Waals surface area contributed by atoms with Crippen LogP contribution in [0.2, 0.25) is 0 Å². The van der Waals surface area contributed by atoms with Crippen molar-refractivity contribution in [2.45, 2.75) is 12.5 Å². The summed E-state index contributed by atoms with van der Waals surface area (Å²) in [4.78, 5) is 13.4. The van der Waals surface area contributed by atoms with E-state index in [2.05, 4.69) is 5.32 Å². The van der Waals surface area contributed by atoms with Crippen LogP contribution in [-0.2, 0) is 4.79 Å². The van der Waals surface area contributed by atoms with Crippen LogP contribution in [0.3, 0.4) is 0 Å². The molecule has 0 aromatic heterocycles. The van der Waals surface area contributed by atoms with Crippen LogP contribution in [0.15, 0.2) is 24.3 Å². The Balaban J connectivity index is 1.80. The van der Waals surface area contributed by atoms with Crippen LogP contribution in [0.25, 0.3) is 0 Å². The lowest BCUT2D eigenvalue weighted by Crippen LogP contribution is -2.61. The van der Waals surface area contributed by atoms with Gasteiger partial charge in [-0.05, 0) is 31.2 Å². The first-order chi connectivity index (χ1) is 7.94. The van der Waals surface area contributed by atoms with Gasteiger partial charge < -0.3 is 10.4 Å². The van der Waals surface area contributed by atoms with E-state index in [9.17, 15) is 14.3 Å². The van der Waals surface area contributed by atoms with Crippen LogP contribution in [0.1, 0.15) is 6.92 Å². The number of anilines is 1. The average molecular weight is 238 g/mol. The third-order valence-corrected chi connectivity index (χ3v) is 2.62. The number of amides is 1. The fourth-order valence-corrected chi connectivity index (χ4v) is 1.97. The maximum absolute atomic E-state index is 12.6. The molecule has 0 aliphatic carbocycles. The Kier molecular flexibility index (Phi) is 3.13. The van der Waals surface area contributed by atoms with E-state index in [1.165, 1.54) is 24.3 Å². The lowest BCUT2D eigenvalue weighted by atomic mass is 9.97. The Labute approximate surface area is 99.0 Å². The van der Waals surface area contributed by atoms with Gasteiger partial charge in [-0.2, -0.15) is 0 Å². The van der Waals surface area contributed by atoms with Gasteiger partial charge in [-0.25, -0.2) is 4.39 Å². The highest BCUT2D eigenvalue weighted by atomic mass is 19.1. The summed E-state index contributed by atoms with van der Waals surface area (Å²) in [6, 6.07) is 5.62. The third kappa shape index (κ3) is 3.25. The van der Waals surface area contributed by atoms with Gasteiger partial charge in [0.1, 0.15) is 5.82 Å². The standard InChI is InChI=1S/C12H15FN2O2/c1-12(17)7-15(8-12)6-11(16)14-10-4-2-9(13)3-5-10/h2-5,17H,6-8H2,1H3,(H,14,16).